The fourth-order valence-corrected chi connectivity index (χ4v) is 2.41. The summed E-state index contributed by atoms with van der Waals surface area (Å²) in [6.07, 6.45) is 1.43. The maximum atomic E-state index is 11.4. The third-order valence-electron chi connectivity index (χ3n) is 3.44. The Kier molecular flexibility index (Phi) is 3.75. The van der Waals surface area contributed by atoms with Gasteiger partial charge in [-0.05, 0) is 30.7 Å². The first-order valence-electron chi connectivity index (χ1n) is 6.88. The number of benzene rings is 1. The van der Waals surface area contributed by atoms with Crippen molar-refractivity contribution in [1.82, 2.24) is 14.6 Å². The number of aryl methyl sites for hydroxylation is 1. The molecule has 7 heteroatoms. The van der Waals surface area contributed by atoms with Crippen molar-refractivity contribution in [3.05, 3.63) is 47.8 Å². The molecule has 0 saturated carbocycles. The molecule has 2 N–H and O–H groups in total. The smallest absolute Gasteiger partial charge is 0.250 e. The Morgan fingerprint density at radius 3 is 2.91 bits per heavy atom. The van der Waals surface area contributed by atoms with Crippen molar-refractivity contribution in [2.45, 2.75) is 6.92 Å². The number of anilines is 1. The number of carbonyl (C=O) groups excluding carboxylic acids is 1. The molecule has 0 atom stereocenters. The lowest BCUT2D eigenvalue weighted by Crippen LogP contribution is -2.15. The number of hydrogen-bond acceptors (Lipinski definition) is 5. The van der Waals surface area contributed by atoms with Crippen LogP contribution in [-0.4, -0.2) is 32.2 Å². The van der Waals surface area contributed by atoms with E-state index in [0.29, 0.717) is 16.9 Å². The first-order valence-corrected chi connectivity index (χ1v) is 6.88. The van der Waals surface area contributed by atoms with Crippen LogP contribution in [0.2, 0.25) is 0 Å². The number of nitrogens with one attached hydrogen (secondary N) is 1. The van der Waals surface area contributed by atoms with Crippen LogP contribution in [0, 0.1) is 18.3 Å². The van der Waals surface area contributed by atoms with E-state index < -0.39 is 12.5 Å². The van der Waals surface area contributed by atoms with Crippen LogP contribution >= 0.6 is 0 Å². The Bertz CT molecular complexity index is 939. The van der Waals surface area contributed by atoms with Crippen molar-refractivity contribution in [3.8, 4) is 17.3 Å². The maximum Gasteiger partial charge on any atom is 0.250 e. The number of fused-ring (bicyclic) bond motifs is 1. The number of carbonyl (C=O) groups is 1. The third-order valence-corrected chi connectivity index (χ3v) is 3.44. The SMILES string of the molecule is Cc1cc(C#N)ccc1-c1cc(NC(=O)CO)cc2ncnn12. The van der Waals surface area contributed by atoms with E-state index in [1.807, 2.05) is 13.0 Å². The van der Waals surface area contributed by atoms with Crippen molar-refractivity contribution >= 4 is 17.2 Å². The Morgan fingerprint density at radius 1 is 1.39 bits per heavy atom. The third kappa shape index (κ3) is 2.75. The summed E-state index contributed by atoms with van der Waals surface area (Å²) in [7, 11) is 0. The number of aliphatic hydroxyl groups excluding tert-OH is 1. The number of aliphatic hydroxyl groups is 1. The summed E-state index contributed by atoms with van der Waals surface area (Å²) < 4.78 is 1.66. The Labute approximate surface area is 131 Å². The van der Waals surface area contributed by atoms with E-state index in [9.17, 15) is 4.79 Å². The van der Waals surface area contributed by atoms with Crippen LogP contribution in [0.3, 0.4) is 0 Å². The van der Waals surface area contributed by atoms with E-state index in [0.717, 1.165) is 16.8 Å². The van der Waals surface area contributed by atoms with Gasteiger partial charge in [0.2, 0.25) is 5.91 Å². The number of rotatable bonds is 3. The normalized spacial score (nSPS) is 10.5. The van der Waals surface area contributed by atoms with Crippen LogP contribution in [0.15, 0.2) is 36.7 Å². The summed E-state index contributed by atoms with van der Waals surface area (Å²) in [5.74, 6) is -0.503. The van der Waals surface area contributed by atoms with Crippen LogP contribution in [0.4, 0.5) is 5.69 Å². The van der Waals surface area contributed by atoms with Gasteiger partial charge in [-0.1, -0.05) is 6.07 Å². The number of pyridine rings is 1. The zero-order valence-corrected chi connectivity index (χ0v) is 12.3. The lowest BCUT2D eigenvalue weighted by Gasteiger charge is -2.11. The molecule has 0 saturated heterocycles. The van der Waals surface area contributed by atoms with Gasteiger partial charge < -0.3 is 10.4 Å². The molecule has 2 aromatic heterocycles. The molecule has 3 rings (SSSR count). The molecule has 0 spiro atoms. The summed E-state index contributed by atoms with van der Waals surface area (Å²) in [5, 5.41) is 24.7. The summed E-state index contributed by atoms with van der Waals surface area (Å²) in [6.45, 7) is 1.31. The van der Waals surface area contributed by atoms with Gasteiger partial charge in [-0.3, -0.25) is 4.79 Å². The highest BCUT2D eigenvalue weighted by atomic mass is 16.3. The van der Waals surface area contributed by atoms with E-state index in [4.69, 9.17) is 10.4 Å². The molecule has 0 fully saturated rings. The molecular weight excluding hydrogens is 294 g/mol. The van der Waals surface area contributed by atoms with Crippen molar-refractivity contribution in [3.63, 3.8) is 0 Å². The standard InChI is InChI=1S/C16H13N5O2/c1-10-4-11(7-17)2-3-13(10)14-5-12(20-16(23)8-22)6-15-18-9-19-21(14)15/h2-6,9,22H,8H2,1H3,(H,20,23). The average Bonchev–Trinajstić information content (AvgIpc) is 3.02. The van der Waals surface area contributed by atoms with E-state index in [1.165, 1.54) is 6.33 Å². The molecule has 1 amide bonds. The molecule has 3 aromatic rings. The Morgan fingerprint density at radius 2 is 2.22 bits per heavy atom. The molecule has 1 aromatic carbocycles. The second kappa shape index (κ2) is 5.87. The highest BCUT2D eigenvalue weighted by Crippen LogP contribution is 2.27. The fraction of sp³-hybridized carbons (Fsp3) is 0.125. The molecule has 0 aliphatic rings. The molecule has 0 unspecified atom stereocenters. The van der Waals surface area contributed by atoms with Crippen LogP contribution < -0.4 is 5.32 Å². The van der Waals surface area contributed by atoms with Gasteiger partial charge in [-0.25, -0.2) is 9.50 Å². The van der Waals surface area contributed by atoms with E-state index in [1.54, 1.807) is 28.8 Å². The van der Waals surface area contributed by atoms with Crippen molar-refractivity contribution in [1.29, 1.82) is 5.26 Å². The number of nitrogens with zero attached hydrogens (tertiary/aromatic N) is 4. The molecule has 0 aliphatic heterocycles. The molecule has 0 radical (unpaired) electrons. The van der Waals surface area contributed by atoms with Crippen molar-refractivity contribution < 1.29 is 9.90 Å². The summed E-state index contributed by atoms with van der Waals surface area (Å²) >= 11 is 0. The van der Waals surface area contributed by atoms with Crippen LogP contribution in [-0.2, 0) is 4.79 Å². The Balaban J connectivity index is 2.18. The monoisotopic (exact) mass is 307 g/mol. The van der Waals surface area contributed by atoms with Crippen LogP contribution in [0.5, 0.6) is 0 Å². The number of nitriles is 1. The van der Waals surface area contributed by atoms with Gasteiger partial charge in [0.05, 0.1) is 17.3 Å². The lowest BCUT2D eigenvalue weighted by atomic mass is 10.0. The number of aromatic nitrogens is 3. The first kappa shape index (κ1) is 14.7. The zero-order valence-electron chi connectivity index (χ0n) is 12.3. The summed E-state index contributed by atoms with van der Waals surface area (Å²) in [4.78, 5) is 15.6. The predicted molar refractivity (Wildman–Crippen MR) is 83.6 cm³/mol. The van der Waals surface area contributed by atoms with Crippen LogP contribution in [0.1, 0.15) is 11.1 Å². The van der Waals surface area contributed by atoms with Gasteiger partial charge in [0.15, 0.2) is 5.65 Å². The molecular formula is C16H13N5O2. The van der Waals surface area contributed by atoms with E-state index >= 15 is 0 Å². The minimum Gasteiger partial charge on any atom is -0.387 e. The molecule has 23 heavy (non-hydrogen) atoms. The van der Waals surface area contributed by atoms with Gasteiger partial charge in [0, 0.05) is 17.3 Å². The molecule has 0 aliphatic carbocycles. The van der Waals surface area contributed by atoms with E-state index in [-0.39, 0.29) is 0 Å². The van der Waals surface area contributed by atoms with Gasteiger partial charge in [-0.15, -0.1) is 0 Å². The minimum absolute atomic E-state index is 0.503. The highest BCUT2D eigenvalue weighted by molar-refractivity contribution is 5.92. The van der Waals surface area contributed by atoms with Crippen molar-refractivity contribution in [2.24, 2.45) is 0 Å². The largest absolute Gasteiger partial charge is 0.387 e. The molecule has 0 bridgehead atoms. The fourth-order valence-electron chi connectivity index (χ4n) is 2.41. The molecule has 2 heterocycles. The second-order valence-corrected chi connectivity index (χ2v) is 5.01. The predicted octanol–water partition coefficient (Wildman–Crippen LogP) is 1.51. The lowest BCUT2D eigenvalue weighted by molar-refractivity contribution is -0.118. The van der Waals surface area contributed by atoms with Gasteiger partial charge in [-0.2, -0.15) is 10.4 Å². The highest BCUT2D eigenvalue weighted by Gasteiger charge is 2.12. The second-order valence-electron chi connectivity index (χ2n) is 5.01. The van der Waals surface area contributed by atoms with E-state index in [2.05, 4.69) is 21.5 Å². The van der Waals surface area contributed by atoms with Gasteiger partial charge >= 0.3 is 0 Å². The average molecular weight is 307 g/mol. The van der Waals surface area contributed by atoms with Crippen molar-refractivity contribution in [2.75, 3.05) is 11.9 Å². The number of hydrogen-bond donors (Lipinski definition) is 2. The van der Waals surface area contributed by atoms with Gasteiger partial charge in [0.1, 0.15) is 12.9 Å². The quantitative estimate of drug-likeness (QED) is 0.763. The zero-order chi connectivity index (χ0) is 16.4. The maximum absolute atomic E-state index is 11.4. The summed E-state index contributed by atoms with van der Waals surface area (Å²) in [5.41, 5.74) is 4.18. The van der Waals surface area contributed by atoms with Crippen LogP contribution in [0.25, 0.3) is 16.9 Å². The molecule has 7 nitrogen and oxygen atoms in total. The Hall–Kier alpha value is -3.24. The topological polar surface area (TPSA) is 103 Å². The number of amides is 1. The molecule has 114 valence electrons. The van der Waals surface area contributed by atoms with Gasteiger partial charge in [0.25, 0.3) is 0 Å². The first-order chi connectivity index (χ1) is 11.1. The minimum atomic E-state index is -0.594. The summed E-state index contributed by atoms with van der Waals surface area (Å²) in [6, 6.07) is 10.9.